The number of hydrogen-bond donors (Lipinski definition) is 1. The van der Waals surface area contributed by atoms with Crippen molar-refractivity contribution in [3.8, 4) is 0 Å². The number of hydrogen-bond acceptors (Lipinski definition) is 1. The Hall–Kier alpha value is -2.09. The van der Waals surface area contributed by atoms with Gasteiger partial charge in [-0.3, -0.25) is 4.79 Å². The van der Waals surface area contributed by atoms with Gasteiger partial charge in [0, 0.05) is 5.69 Å². The van der Waals surface area contributed by atoms with E-state index in [-0.39, 0.29) is 5.91 Å². The molecule has 1 amide bonds. The van der Waals surface area contributed by atoms with Crippen LogP contribution in [0.3, 0.4) is 0 Å². The minimum atomic E-state index is 0.0820. The molecule has 0 fully saturated rings. The van der Waals surface area contributed by atoms with Crippen LogP contribution >= 0.6 is 0 Å². The largest absolute Gasteiger partial charge is 0.325 e. The van der Waals surface area contributed by atoms with Crippen molar-refractivity contribution in [2.45, 2.75) is 52.4 Å². The molecule has 0 aromatic heterocycles. The summed E-state index contributed by atoms with van der Waals surface area (Å²) in [5.74, 6) is 0.0820. The van der Waals surface area contributed by atoms with Crippen molar-refractivity contribution in [3.05, 3.63) is 64.2 Å². The third kappa shape index (κ3) is 3.47. The van der Waals surface area contributed by atoms with Crippen LogP contribution in [0.4, 0.5) is 5.69 Å². The number of rotatable bonds is 5. The van der Waals surface area contributed by atoms with Gasteiger partial charge in [-0.1, -0.05) is 50.2 Å². The third-order valence-electron chi connectivity index (χ3n) is 4.79. The lowest BCUT2D eigenvalue weighted by molar-refractivity contribution is -0.115. The van der Waals surface area contributed by atoms with Gasteiger partial charge in [-0.05, 0) is 59.9 Å². The Kier molecular flexibility index (Phi) is 4.80. The molecule has 0 spiro atoms. The number of para-hydroxylation sites is 1. The Morgan fingerprint density at radius 3 is 2.39 bits per heavy atom. The molecule has 2 aromatic rings. The van der Waals surface area contributed by atoms with Crippen LogP contribution in [0.2, 0.25) is 0 Å². The molecular formula is C21H25NO. The van der Waals surface area contributed by atoms with Crippen LogP contribution in [-0.4, -0.2) is 5.91 Å². The van der Waals surface area contributed by atoms with Crippen LogP contribution in [0.1, 0.15) is 48.1 Å². The van der Waals surface area contributed by atoms with Gasteiger partial charge in [0.25, 0.3) is 0 Å². The highest BCUT2D eigenvalue weighted by atomic mass is 16.1. The van der Waals surface area contributed by atoms with Gasteiger partial charge in [-0.15, -0.1) is 0 Å². The number of carbonyl (C=O) groups is 1. The lowest BCUT2D eigenvalue weighted by Gasteiger charge is -2.14. The van der Waals surface area contributed by atoms with Gasteiger partial charge in [-0.25, -0.2) is 0 Å². The highest BCUT2D eigenvalue weighted by Crippen LogP contribution is 2.25. The minimum absolute atomic E-state index is 0.0820. The van der Waals surface area contributed by atoms with Crippen molar-refractivity contribution in [2.24, 2.45) is 0 Å². The first-order valence-corrected chi connectivity index (χ1v) is 8.72. The van der Waals surface area contributed by atoms with Crippen molar-refractivity contribution >= 4 is 11.6 Å². The molecule has 2 aromatic carbocycles. The van der Waals surface area contributed by atoms with E-state index in [1.165, 1.54) is 35.1 Å². The predicted octanol–water partition coefficient (Wildman–Crippen LogP) is 4.48. The van der Waals surface area contributed by atoms with Crippen molar-refractivity contribution < 1.29 is 4.79 Å². The van der Waals surface area contributed by atoms with Crippen molar-refractivity contribution in [1.29, 1.82) is 0 Å². The topological polar surface area (TPSA) is 29.1 Å². The Balaban J connectivity index is 1.75. The van der Waals surface area contributed by atoms with E-state index >= 15 is 0 Å². The summed E-state index contributed by atoms with van der Waals surface area (Å²) in [6.45, 7) is 4.26. The Morgan fingerprint density at radius 2 is 1.70 bits per heavy atom. The lowest BCUT2D eigenvalue weighted by atomic mass is 10.0. The minimum Gasteiger partial charge on any atom is -0.325 e. The number of benzene rings is 2. The second-order valence-corrected chi connectivity index (χ2v) is 6.34. The highest BCUT2D eigenvalue weighted by molar-refractivity contribution is 5.93. The molecule has 0 heterocycles. The first kappa shape index (κ1) is 15.8. The van der Waals surface area contributed by atoms with Crippen molar-refractivity contribution in [3.63, 3.8) is 0 Å². The van der Waals surface area contributed by atoms with E-state index in [0.29, 0.717) is 6.42 Å². The maximum absolute atomic E-state index is 12.5. The van der Waals surface area contributed by atoms with E-state index in [9.17, 15) is 4.79 Å². The lowest BCUT2D eigenvalue weighted by Crippen LogP contribution is -2.17. The van der Waals surface area contributed by atoms with E-state index < -0.39 is 0 Å². The number of aryl methyl sites for hydroxylation is 4. The molecule has 0 aliphatic heterocycles. The number of fused-ring (bicyclic) bond motifs is 1. The Bertz CT molecular complexity index is 696. The SMILES string of the molecule is CCc1cccc(CC)c1NC(=O)Cc1ccc2c(c1)CCC2. The van der Waals surface area contributed by atoms with Crippen LogP contribution in [0.25, 0.3) is 0 Å². The third-order valence-corrected chi connectivity index (χ3v) is 4.79. The fraction of sp³-hybridized carbons (Fsp3) is 0.381. The standard InChI is InChI=1S/C21H25NO/c1-3-16-7-5-8-17(4-2)21(16)22-20(23)14-15-11-12-18-9-6-10-19(18)13-15/h5,7-8,11-13H,3-4,6,9-10,14H2,1-2H3,(H,22,23). The fourth-order valence-electron chi connectivity index (χ4n) is 3.51. The second kappa shape index (κ2) is 6.99. The maximum atomic E-state index is 12.5. The van der Waals surface area contributed by atoms with Crippen LogP contribution in [-0.2, 0) is 36.9 Å². The number of nitrogens with one attached hydrogen (secondary N) is 1. The van der Waals surface area contributed by atoms with Crippen LogP contribution in [0, 0.1) is 0 Å². The zero-order chi connectivity index (χ0) is 16.2. The van der Waals surface area contributed by atoms with Crippen LogP contribution < -0.4 is 5.32 Å². The molecule has 23 heavy (non-hydrogen) atoms. The molecule has 3 rings (SSSR count). The Labute approximate surface area is 138 Å². The monoisotopic (exact) mass is 307 g/mol. The quantitative estimate of drug-likeness (QED) is 0.867. The predicted molar refractivity (Wildman–Crippen MR) is 96.0 cm³/mol. The van der Waals surface area contributed by atoms with Gasteiger partial charge in [0.1, 0.15) is 0 Å². The van der Waals surface area contributed by atoms with Gasteiger partial charge in [0.2, 0.25) is 5.91 Å². The summed E-state index contributed by atoms with van der Waals surface area (Å²) in [6.07, 6.45) is 5.91. The summed E-state index contributed by atoms with van der Waals surface area (Å²) in [6, 6.07) is 12.8. The zero-order valence-corrected chi connectivity index (χ0v) is 14.1. The average molecular weight is 307 g/mol. The smallest absolute Gasteiger partial charge is 0.228 e. The summed E-state index contributed by atoms with van der Waals surface area (Å²) in [5, 5.41) is 3.16. The summed E-state index contributed by atoms with van der Waals surface area (Å²) < 4.78 is 0. The summed E-state index contributed by atoms with van der Waals surface area (Å²) in [7, 11) is 0. The summed E-state index contributed by atoms with van der Waals surface area (Å²) in [4.78, 5) is 12.5. The molecule has 0 radical (unpaired) electrons. The molecule has 1 aliphatic rings. The van der Waals surface area contributed by atoms with E-state index in [0.717, 1.165) is 30.5 Å². The first-order valence-electron chi connectivity index (χ1n) is 8.72. The molecular weight excluding hydrogens is 282 g/mol. The summed E-state index contributed by atoms with van der Waals surface area (Å²) in [5.41, 5.74) is 7.45. The van der Waals surface area contributed by atoms with Gasteiger partial charge >= 0.3 is 0 Å². The normalized spacial score (nSPS) is 13.0. The molecule has 0 saturated heterocycles. The van der Waals surface area contributed by atoms with Crippen molar-refractivity contribution in [1.82, 2.24) is 0 Å². The van der Waals surface area contributed by atoms with Gasteiger partial charge in [0.05, 0.1) is 6.42 Å². The highest BCUT2D eigenvalue weighted by Gasteiger charge is 2.14. The number of carbonyl (C=O) groups excluding carboxylic acids is 1. The molecule has 0 atom stereocenters. The van der Waals surface area contributed by atoms with E-state index in [2.05, 4.69) is 55.6 Å². The molecule has 1 aliphatic carbocycles. The second-order valence-electron chi connectivity index (χ2n) is 6.34. The van der Waals surface area contributed by atoms with E-state index in [1.807, 2.05) is 0 Å². The fourth-order valence-corrected chi connectivity index (χ4v) is 3.51. The molecule has 0 saturated carbocycles. The van der Waals surface area contributed by atoms with E-state index in [1.54, 1.807) is 0 Å². The molecule has 2 nitrogen and oxygen atoms in total. The average Bonchev–Trinajstić information content (AvgIpc) is 3.02. The van der Waals surface area contributed by atoms with Gasteiger partial charge in [0.15, 0.2) is 0 Å². The molecule has 1 N–H and O–H groups in total. The Morgan fingerprint density at radius 1 is 1.00 bits per heavy atom. The zero-order valence-electron chi connectivity index (χ0n) is 14.1. The van der Waals surface area contributed by atoms with Gasteiger partial charge < -0.3 is 5.32 Å². The molecule has 0 bridgehead atoms. The molecule has 120 valence electrons. The first-order chi connectivity index (χ1) is 11.2. The number of amides is 1. The molecule has 0 unspecified atom stereocenters. The van der Waals surface area contributed by atoms with E-state index in [4.69, 9.17) is 0 Å². The maximum Gasteiger partial charge on any atom is 0.228 e. The number of anilines is 1. The van der Waals surface area contributed by atoms with Gasteiger partial charge in [-0.2, -0.15) is 0 Å². The van der Waals surface area contributed by atoms with Crippen molar-refractivity contribution in [2.75, 3.05) is 5.32 Å². The van der Waals surface area contributed by atoms with Crippen LogP contribution in [0.15, 0.2) is 36.4 Å². The summed E-state index contributed by atoms with van der Waals surface area (Å²) >= 11 is 0. The van der Waals surface area contributed by atoms with Crippen LogP contribution in [0.5, 0.6) is 0 Å². The molecule has 2 heteroatoms.